The van der Waals surface area contributed by atoms with Crippen molar-refractivity contribution in [1.29, 1.82) is 0 Å². The van der Waals surface area contributed by atoms with Gasteiger partial charge in [0, 0.05) is 34.8 Å². The Balaban J connectivity index is 0.000000164. The Bertz CT molecular complexity index is 3320. The summed E-state index contributed by atoms with van der Waals surface area (Å²) in [5.41, 5.74) is 4.77. The molecule has 0 atom stereocenters. The maximum Gasteiger partial charge on any atom is 0.336 e. The second-order valence-corrected chi connectivity index (χ2v) is 14.9. The standard InChI is InChI=1S/C25H19ClN2O2.C24H15ClN2O2/c1-17(2)27-22-11-7-6-10-20(22)24(29)28(25(27)30)23-15-14-19(16-21(23)26)13-12-18-8-4-3-5-9-18;25-20-15-17(10-9-16-5-2-1-3-6-16)11-12-21(20)27-23(28)19-8-4-7-18-13-14-26(22(18)19)24(27)29/h3-11,14-17H,1-2H3;1-8,11-12,15H,13-14H2. The van der Waals surface area contributed by atoms with E-state index in [-0.39, 0.29) is 17.3 Å². The van der Waals surface area contributed by atoms with Gasteiger partial charge in [-0.1, -0.05) is 108 Å². The summed E-state index contributed by atoms with van der Waals surface area (Å²) < 4.78 is 5.56. The third-order valence-electron chi connectivity index (χ3n) is 9.99. The number of aryl methyl sites for hydroxylation is 2. The minimum Gasteiger partial charge on any atom is -0.292 e. The Morgan fingerprint density at radius 2 is 1.02 bits per heavy atom. The highest BCUT2D eigenvalue weighted by atomic mass is 35.5. The Morgan fingerprint density at radius 3 is 1.58 bits per heavy atom. The number of hydrogen-bond acceptors (Lipinski definition) is 4. The molecule has 8 nitrogen and oxygen atoms in total. The number of rotatable bonds is 3. The molecule has 10 heteroatoms. The molecule has 1 aliphatic rings. The van der Waals surface area contributed by atoms with Crippen molar-refractivity contribution < 1.29 is 0 Å². The molecule has 1 aliphatic heterocycles. The summed E-state index contributed by atoms with van der Waals surface area (Å²) in [6.07, 6.45) is 0.748. The van der Waals surface area contributed by atoms with E-state index < -0.39 is 11.2 Å². The molecule has 8 aromatic rings. The summed E-state index contributed by atoms with van der Waals surface area (Å²) in [6, 6.07) is 42.1. The zero-order chi connectivity index (χ0) is 41.2. The Kier molecular flexibility index (Phi) is 10.8. The van der Waals surface area contributed by atoms with E-state index in [0.29, 0.717) is 55.4 Å². The van der Waals surface area contributed by atoms with E-state index in [1.54, 1.807) is 69.8 Å². The van der Waals surface area contributed by atoms with Crippen molar-refractivity contribution >= 4 is 45.0 Å². The predicted molar refractivity (Wildman–Crippen MR) is 237 cm³/mol. The van der Waals surface area contributed by atoms with Crippen molar-refractivity contribution in [2.75, 3.05) is 0 Å². The monoisotopic (exact) mass is 812 g/mol. The highest BCUT2D eigenvalue weighted by molar-refractivity contribution is 6.32. The van der Waals surface area contributed by atoms with Gasteiger partial charge in [0.1, 0.15) is 0 Å². The lowest BCUT2D eigenvalue weighted by Gasteiger charge is -2.17. The molecule has 2 aromatic heterocycles. The van der Waals surface area contributed by atoms with E-state index in [2.05, 4.69) is 23.7 Å². The second kappa shape index (κ2) is 16.4. The molecule has 9 rings (SSSR count). The number of para-hydroxylation sites is 2. The molecule has 0 spiro atoms. The number of aromatic nitrogens is 4. The van der Waals surface area contributed by atoms with Crippen LogP contribution in [-0.2, 0) is 13.0 Å². The van der Waals surface area contributed by atoms with E-state index in [9.17, 15) is 19.2 Å². The first-order valence-corrected chi connectivity index (χ1v) is 19.6. The fourth-order valence-corrected chi connectivity index (χ4v) is 7.75. The third-order valence-corrected chi connectivity index (χ3v) is 10.6. The molecular weight excluding hydrogens is 779 g/mol. The SMILES string of the molecule is CC(C)n1c(=O)n(-c2ccc(C#Cc3ccccc3)cc2Cl)c(=O)c2ccccc21.O=c1c2cccc3c2n(c(=O)n1-c1ccc(C#Cc2ccccc2)cc1Cl)CC3. The summed E-state index contributed by atoms with van der Waals surface area (Å²) >= 11 is 13.0. The van der Waals surface area contributed by atoms with Crippen LogP contribution in [0.1, 0.15) is 47.7 Å². The molecule has 0 N–H and O–H groups in total. The van der Waals surface area contributed by atoms with Gasteiger partial charge in [0.25, 0.3) is 11.1 Å². The van der Waals surface area contributed by atoms with Gasteiger partial charge in [-0.2, -0.15) is 0 Å². The fourth-order valence-electron chi connectivity index (χ4n) is 7.22. The highest BCUT2D eigenvalue weighted by Crippen LogP contribution is 2.25. The maximum absolute atomic E-state index is 13.2. The van der Waals surface area contributed by atoms with E-state index in [1.807, 2.05) is 92.7 Å². The average molecular weight is 814 g/mol. The molecule has 0 unspecified atom stereocenters. The normalized spacial score (nSPS) is 11.4. The Morgan fingerprint density at radius 1 is 0.525 bits per heavy atom. The lowest BCUT2D eigenvalue weighted by molar-refractivity contribution is 0.570. The van der Waals surface area contributed by atoms with Gasteiger partial charge in [0.15, 0.2) is 0 Å². The van der Waals surface area contributed by atoms with Gasteiger partial charge in [-0.15, -0.1) is 0 Å². The van der Waals surface area contributed by atoms with Crippen LogP contribution in [0.15, 0.2) is 159 Å². The molecule has 6 aromatic carbocycles. The molecule has 59 heavy (non-hydrogen) atoms. The van der Waals surface area contributed by atoms with E-state index in [0.717, 1.165) is 37.8 Å². The van der Waals surface area contributed by atoms with Gasteiger partial charge >= 0.3 is 11.4 Å². The molecule has 0 fully saturated rings. The first-order valence-electron chi connectivity index (χ1n) is 18.9. The topological polar surface area (TPSA) is 88.0 Å². The van der Waals surface area contributed by atoms with Crippen LogP contribution < -0.4 is 22.5 Å². The molecule has 0 amide bonds. The predicted octanol–water partition coefficient (Wildman–Crippen LogP) is 8.55. The molecule has 3 heterocycles. The number of fused-ring (bicyclic) bond motifs is 1. The zero-order valence-corrected chi connectivity index (χ0v) is 33.5. The van der Waals surface area contributed by atoms with Crippen LogP contribution in [-0.4, -0.2) is 18.3 Å². The van der Waals surface area contributed by atoms with Crippen molar-refractivity contribution in [3.05, 3.63) is 219 Å². The van der Waals surface area contributed by atoms with Gasteiger partial charge in [-0.05, 0) is 105 Å². The summed E-state index contributed by atoms with van der Waals surface area (Å²) in [4.78, 5) is 52.5. The maximum atomic E-state index is 13.2. The van der Waals surface area contributed by atoms with Gasteiger partial charge in [-0.25, -0.2) is 18.7 Å². The van der Waals surface area contributed by atoms with E-state index in [4.69, 9.17) is 23.2 Å². The average Bonchev–Trinajstić information content (AvgIpc) is 3.69. The third kappa shape index (κ3) is 7.56. The lowest BCUT2D eigenvalue weighted by Crippen LogP contribution is -2.39. The molecule has 0 saturated heterocycles. The Labute approximate surface area is 348 Å². The molecule has 288 valence electrons. The largest absolute Gasteiger partial charge is 0.336 e. The van der Waals surface area contributed by atoms with E-state index >= 15 is 0 Å². The summed E-state index contributed by atoms with van der Waals surface area (Å²) in [5.74, 6) is 12.3. The lowest BCUT2D eigenvalue weighted by atomic mass is 10.1. The molecule has 0 aliphatic carbocycles. The fraction of sp³-hybridized carbons (Fsp3) is 0.102. The van der Waals surface area contributed by atoms with Crippen molar-refractivity contribution in [2.24, 2.45) is 0 Å². The summed E-state index contributed by atoms with van der Waals surface area (Å²) in [5, 5.41) is 1.60. The van der Waals surface area contributed by atoms with Crippen molar-refractivity contribution in [3.63, 3.8) is 0 Å². The zero-order valence-electron chi connectivity index (χ0n) is 31.9. The molecular formula is C49H34Cl2N4O4. The Hall–Kier alpha value is -7.10. The van der Waals surface area contributed by atoms with Crippen molar-refractivity contribution in [1.82, 2.24) is 18.3 Å². The molecule has 0 saturated carbocycles. The van der Waals surface area contributed by atoms with Crippen molar-refractivity contribution in [3.8, 4) is 35.1 Å². The molecule has 0 bridgehead atoms. The number of benzene rings is 6. The van der Waals surface area contributed by atoms with Crippen molar-refractivity contribution in [2.45, 2.75) is 32.9 Å². The first-order chi connectivity index (χ1) is 28.6. The molecule has 0 radical (unpaired) electrons. The van der Waals surface area contributed by atoms with Gasteiger partial charge in [-0.3, -0.25) is 18.7 Å². The smallest absolute Gasteiger partial charge is 0.292 e. The van der Waals surface area contributed by atoms with Crippen LogP contribution >= 0.6 is 23.2 Å². The quantitative estimate of drug-likeness (QED) is 0.168. The summed E-state index contributed by atoms with van der Waals surface area (Å²) in [7, 11) is 0. The van der Waals surface area contributed by atoms with Crippen LogP contribution in [0, 0.1) is 23.7 Å². The number of halogens is 2. The van der Waals surface area contributed by atoms with Crippen LogP contribution in [0.4, 0.5) is 0 Å². The van der Waals surface area contributed by atoms with Gasteiger partial charge in [0.2, 0.25) is 0 Å². The number of nitrogens with zero attached hydrogens (tertiary/aromatic N) is 4. The second-order valence-electron chi connectivity index (χ2n) is 14.1. The van der Waals surface area contributed by atoms with Crippen LogP contribution in [0.25, 0.3) is 33.2 Å². The number of hydrogen-bond donors (Lipinski definition) is 0. The van der Waals surface area contributed by atoms with E-state index in [1.165, 1.54) is 0 Å². The summed E-state index contributed by atoms with van der Waals surface area (Å²) in [6.45, 7) is 4.38. The minimum absolute atomic E-state index is 0.121. The minimum atomic E-state index is -0.418. The van der Waals surface area contributed by atoms with Gasteiger partial charge in [0.05, 0.1) is 43.2 Å². The van der Waals surface area contributed by atoms with Gasteiger partial charge < -0.3 is 0 Å². The highest BCUT2D eigenvalue weighted by Gasteiger charge is 2.22. The van der Waals surface area contributed by atoms with Crippen LogP contribution in [0.2, 0.25) is 10.0 Å². The van der Waals surface area contributed by atoms with Crippen LogP contribution in [0.5, 0.6) is 0 Å². The van der Waals surface area contributed by atoms with Crippen LogP contribution in [0.3, 0.4) is 0 Å². The first kappa shape index (κ1) is 38.8.